The molecule has 4 aromatic rings. The van der Waals surface area contributed by atoms with Crippen molar-refractivity contribution in [2.45, 2.75) is 17.9 Å². The van der Waals surface area contributed by atoms with Crippen molar-refractivity contribution in [3.8, 4) is 5.75 Å². The summed E-state index contributed by atoms with van der Waals surface area (Å²) in [7, 11) is -2.37. The standard InChI is InChI=1S/C31H29N3O5S/c1-39-27-16-13-25(14-17-27)31(36)34-19-18-24-12-15-26(20-29(24)34)32-30(35)22-33(21-23-8-4-2-5-9-23)40(37,38)28-10-6-3-7-11-28/h2-17,20H,18-19,21-22H2,1H3,(H,32,35). The van der Waals surface area contributed by atoms with Crippen LogP contribution < -0.4 is 15.0 Å². The minimum absolute atomic E-state index is 0.0415. The lowest BCUT2D eigenvalue weighted by molar-refractivity contribution is -0.116. The molecule has 1 aliphatic rings. The molecule has 0 aliphatic carbocycles. The number of nitrogens with zero attached hydrogens (tertiary/aromatic N) is 2. The average Bonchev–Trinajstić information content (AvgIpc) is 3.41. The van der Waals surface area contributed by atoms with Crippen LogP contribution in [0.2, 0.25) is 0 Å². The molecule has 0 bridgehead atoms. The van der Waals surface area contributed by atoms with Gasteiger partial charge in [-0.25, -0.2) is 8.42 Å². The summed E-state index contributed by atoms with van der Waals surface area (Å²) in [4.78, 5) is 28.2. The van der Waals surface area contributed by atoms with Crippen molar-refractivity contribution < 1.29 is 22.7 Å². The fraction of sp³-hybridized carbons (Fsp3) is 0.161. The Balaban J connectivity index is 1.34. The van der Waals surface area contributed by atoms with Crippen molar-refractivity contribution in [3.63, 3.8) is 0 Å². The summed E-state index contributed by atoms with van der Waals surface area (Å²) in [6.07, 6.45) is 0.700. The highest BCUT2D eigenvalue weighted by Crippen LogP contribution is 2.32. The predicted octanol–water partition coefficient (Wildman–Crippen LogP) is 4.73. The van der Waals surface area contributed by atoms with Gasteiger partial charge in [0.15, 0.2) is 0 Å². The van der Waals surface area contributed by atoms with Crippen molar-refractivity contribution in [1.82, 2.24) is 4.31 Å². The number of carbonyl (C=O) groups excluding carboxylic acids is 2. The highest BCUT2D eigenvalue weighted by atomic mass is 32.2. The summed E-state index contributed by atoms with van der Waals surface area (Å²) in [5, 5.41) is 2.83. The van der Waals surface area contributed by atoms with E-state index in [4.69, 9.17) is 4.74 Å². The number of benzene rings is 4. The minimum atomic E-state index is -3.94. The lowest BCUT2D eigenvalue weighted by Gasteiger charge is -2.22. The van der Waals surface area contributed by atoms with Crippen LogP contribution in [0.5, 0.6) is 5.75 Å². The van der Waals surface area contributed by atoms with E-state index in [0.717, 1.165) is 16.8 Å². The molecule has 0 unspecified atom stereocenters. The number of hydrogen-bond donors (Lipinski definition) is 1. The molecular weight excluding hydrogens is 526 g/mol. The van der Waals surface area contributed by atoms with Crippen LogP contribution >= 0.6 is 0 Å². The Morgan fingerprint density at radius 1 is 0.900 bits per heavy atom. The van der Waals surface area contributed by atoms with Crippen molar-refractivity contribution in [3.05, 3.63) is 120 Å². The zero-order valence-corrected chi connectivity index (χ0v) is 22.8. The zero-order chi connectivity index (χ0) is 28.1. The summed E-state index contributed by atoms with van der Waals surface area (Å²) < 4.78 is 33.3. The molecule has 1 aliphatic heterocycles. The Labute approximate surface area is 233 Å². The Hall–Kier alpha value is -4.47. The average molecular weight is 556 g/mol. The van der Waals surface area contributed by atoms with Crippen LogP contribution in [0.15, 0.2) is 108 Å². The van der Waals surface area contributed by atoms with Gasteiger partial charge in [-0.2, -0.15) is 4.31 Å². The second-order valence-corrected chi connectivity index (χ2v) is 11.3. The van der Waals surface area contributed by atoms with E-state index in [1.54, 1.807) is 66.6 Å². The van der Waals surface area contributed by atoms with E-state index in [-0.39, 0.29) is 23.9 Å². The van der Waals surface area contributed by atoms with Crippen LogP contribution in [-0.2, 0) is 27.8 Å². The number of hydrogen-bond acceptors (Lipinski definition) is 5. The van der Waals surface area contributed by atoms with Crippen LogP contribution in [0, 0.1) is 0 Å². The summed E-state index contributed by atoms with van der Waals surface area (Å²) in [6.45, 7) is 0.190. The first-order chi connectivity index (χ1) is 19.3. The van der Waals surface area contributed by atoms with Crippen molar-refractivity contribution in [2.24, 2.45) is 0 Å². The Bertz CT molecular complexity index is 1610. The maximum absolute atomic E-state index is 13.5. The van der Waals surface area contributed by atoms with Crippen LogP contribution in [0.3, 0.4) is 0 Å². The molecule has 0 spiro atoms. The summed E-state index contributed by atoms with van der Waals surface area (Å²) in [5.41, 5.74) is 3.50. The number of rotatable bonds is 9. The van der Waals surface area contributed by atoms with Gasteiger partial charge in [0.1, 0.15) is 5.75 Å². The summed E-state index contributed by atoms with van der Waals surface area (Å²) in [5.74, 6) is 0.0354. The lowest BCUT2D eigenvalue weighted by Crippen LogP contribution is -2.37. The van der Waals surface area contributed by atoms with Crippen LogP contribution in [-0.4, -0.2) is 44.7 Å². The molecule has 0 saturated carbocycles. The van der Waals surface area contributed by atoms with Gasteiger partial charge in [-0.3, -0.25) is 9.59 Å². The minimum Gasteiger partial charge on any atom is -0.497 e. The van der Waals surface area contributed by atoms with E-state index in [0.29, 0.717) is 30.0 Å². The van der Waals surface area contributed by atoms with Gasteiger partial charge in [0.05, 0.1) is 18.6 Å². The van der Waals surface area contributed by atoms with Crippen LogP contribution in [0.1, 0.15) is 21.5 Å². The summed E-state index contributed by atoms with van der Waals surface area (Å²) >= 11 is 0. The number of nitrogens with one attached hydrogen (secondary N) is 1. The van der Waals surface area contributed by atoms with Crippen molar-refractivity contribution >= 4 is 33.2 Å². The van der Waals surface area contributed by atoms with E-state index < -0.39 is 15.9 Å². The third kappa shape index (κ3) is 5.90. The van der Waals surface area contributed by atoms with Gasteiger partial charge in [0, 0.05) is 30.0 Å². The van der Waals surface area contributed by atoms with E-state index >= 15 is 0 Å². The van der Waals surface area contributed by atoms with E-state index in [2.05, 4.69) is 5.32 Å². The molecule has 0 fully saturated rings. The number of fused-ring (bicyclic) bond motifs is 1. The molecule has 0 saturated heterocycles. The molecule has 8 nitrogen and oxygen atoms in total. The molecular formula is C31H29N3O5S. The zero-order valence-electron chi connectivity index (χ0n) is 22.0. The van der Waals surface area contributed by atoms with E-state index in [1.807, 2.05) is 36.4 Å². The smallest absolute Gasteiger partial charge is 0.258 e. The second-order valence-electron chi connectivity index (χ2n) is 9.40. The van der Waals surface area contributed by atoms with Gasteiger partial charge in [-0.1, -0.05) is 54.6 Å². The monoisotopic (exact) mass is 555 g/mol. The van der Waals surface area contributed by atoms with Gasteiger partial charge in [0.2, 0.25) is 15.9 Å². The van der Waals surface area contributed by atoms with Gasteiger partial charge in [0.25, 0.3) is 5.91 Å². The Kier molecular flexibility index (Phi) is 7.95. The van der Waals surface area contributed by atoms with Crippen molar-refractivity contribution in [1.29, 1.82) is 0 Å². The molecule has 40 heavy (non-hydrogen) atoms. The Morgan fingerprint density at radius 2 is 1.57 bits per heavy atom. The normalized spacial score (nSPS) is 12.7. The van der Waals surface area contributed by atoms with Crippen LogP contribution in [0.25, 0.3) is 0 Å². The van der Waals surface area contributed by atoms with E-state index in [1.165, 1.54) is 16.4 Å². The molecule has 4 aromatic carbocycles. The molecule has 0 atom stereocenters. The van der Waals surface area contributed by atoms with Gasteiger partial charge in [-0.15, -0.1) is 0 Å². The summed E-state index contributed by atoms with van der Waals surface area (Å²) in [6, 6.07) is 29.5. The molecule has 204 valence electrons. The van der Waals surface area contributed by atoms with Gasteiger partial charge in [-0.05, 0) is 66.1 Å². The SMILES string of the molecule is COc1ccc(C(=O)N2CCc3ccc(NC(=O)CN(Cc4ccccc4)S(=O)(=O)c4ccccc4)cc32)cc1. The predicted molar refractivity (Wildman–Crippen MR) is 154 cm³/mol. The molecule has 9 heteroatoms. The maximum atomic E-state index is 13.5. The number of anilines is 2. The third-order valence-corrected chi connectivity index (χ3v) is 8.56. The van der Waals surface area contributed by atoms with Crippen molar-refractivity contribution in [2.75, 3.05) is 30.4 Å². The molecule has 2 amide bonds. The first-order valence-electron chi connectivity index (χ1n) is 12.8. The number of carbonyl (C=O) groups is 2. The first kappa shape index (κ1) is 27.1. The fourth-order valence-electron chi connectivity index (χ4n) is 4.67. The number of methoxy groups -OCH3 is 1. The highest BCUT2D eigenvalue weighted by molar-refractivity contribution is 7.89. The lowest BCUT2D eigenvalue weighted by atomic mass is 10.1. The molecule has 0 radical (unpaired) electrons. The fourth-order valence-corrected chi connectivity index (χ4v) is 6.08. The highest BCUT2D eigenvalue weighted by Gasteiger charge is 2.28. The largest absolute Gasteiger partial charge is 0.497 e. The molecule has 1 N–H and O–H groups in total. The number of ether oxygens (including phenoxy) is 1. The first-order valence-corrected chi connectivity index (χ1v) is 14.3. The molecule has 0 aromatic heterocycles. The quantitative estimate of drug-likeness (QED) is 0.322. The molecule has 1 heterocycles. The third-order valence-electron chi connectivity index (χ3n) is 6.75. The maximum Gasteiger partial charge on any atom is 0.258 e. The Morgan fingerprint density at radius 3 is 2.25 bits per heavy atom. The molecule has 5 rings (SSSR count). The second kappa shape index (κ2) is 11.7. The number of sulfonamides is 1. The number of amides is 2. The van der Waals surface area contributed by atoms with Gasteiger partial charge >= 0.3 is 0 Å². The van der Waals surface area contributed by atoms with E-state index in [9.17, 15) is 18.0 Å². The topological polar surface area (TPSA) is 96.0 Å². The van der Waals surface area contributed by atoms with Crippen LogP contribution in [0.4, 0.5) is 11.4 Å². The van der Waals surface area contributed by atoms with Gasteiger partial charge < -0.3 is 15.0 Å².